The van der Waals surface area contributed by atoms with Crippen molar-refractivity contribution in [1.82, 2.24) is 9.97 Å². The topological polar surface area (TPSA) is 87.7 Å². The van der Waals surface area contributed by atoms with Crippen LogP contribution in [0.4, 0.5) is 17.3 Å². The summed E-state index contributed by atoms with van der Waals surface area (Å²) in [5.41, 5.74) is 1.28. The van der Waals surface area contributed by atoms with E-state index in [1.807, 2.05) is 18.2 Å². The van der Waals surface area contributed by atoms with Crippen molar-refractivity contribution < 1.29 is 14.3 Å². The zero-order chi connectivity index (χ0) is 21.1. The summed E-state index contributed by atoms with van der Waals surface area (Å²) in [5, 5.41) is 2.85. The van der Waals surface area contributed by atoms with Crippen LogP contribution >= 0.6 is 0 Å². The van der Waals surface area contributed by atoms with E-state index in [1.165, 1.54) is 0 Å². The van der Waals surface area contributed by atoms with Gasteiger partial charge in [0.1, 0.15) is 5.75 Å². The summed E-state index contributed by atoms with van der Waals surface area (Å²) in [6.07, 6.45) is 5.72. The van der Waals surface area contributed by atoms with Gasteiger partial charge in [-0.05, 0) is 30.9 Å². The molecule has 158 valence electrons. The van der Waals surface area contributed by atoms with Crippen molar-refractivity contribution in [3.05, 3.63) is 36.7 Å². The zero-order valence-corrected chi connectivity index (χ0v) is 17.4. The van der Waals surface area contributed by atoms with Gasteiger partial charge in [0.25, 0.3) is 0 Å². The van der Waals surface area contributed by atoms with Gasteiger partial charge in [0.2, 0.25) is 17.8 Å². The Morgan fingerprint density at radius 3 is 2.63 bits per heavy atom. The fourth-order valence-corrected chi connectivity index (χ4v) is 3.91. The van der Waals surface area contributed by atoms with E-state index < -0.39 is 5.92 Å². The fraction of sp³-hybridized carbons (Fsp3) is 0.455. The molecule has 1 aromatic heterocycles. The second-order valence-corrected chi connectivity index (χ2v) is 8.04. The smallest absolute Gasteiger partial charge is 0.229 e. The predicted octanol–water partition coefficient (Wildman–Crippen LogP) is 2.71. The minimum absolute atomic E-state index is 0.0747. The van der Waals surface area contributed by atoms with Crippen LogP contribution in [0.2, 0.25) is 0 Å². The highest BCUT2D eigenvalue weighted by Crippen LogP contribution is 2.28. The number of methoxy groups -OCH3 is 1. The Morgan fingerprint density at radius 1 is 1.20 bits per heavy atom. The fourth-order valence-electron chi connectivity index (χ4n) is 3.91. The van der Waals surface area contributed by atoms with Crippen LogP contribution < -0.4 is 19.9 Å². The summed E-state index contributed by atoms with van der Waals surface area (Å²) in [6, 6.07) is 7.29. The van der Waals surface area contributed by atoms with Crippen molar-refractivity contribution in [3.63, 3.8) is 0 Å². The lowest BCUT2D eigenvalue weighted by molar-refractivity contribution is -0.122. The second-order valence-electron chi connectivity index (χ2n) is 8.04. The van der Waals surface area contributed by atoms with Gasteiger partial charge >= 0.3 is 0 Å². The number of aromatic nitrogens is 2. The van der Waals surface area contributed by atoms with Crippen molar-refractivity contribution in [2.24, 2.45) is 11.8 Å². The lowest BCUT2D eigenvalue weighted by atomic mass is 10.00. The molecule has 8 nitrogen and oxygen atoms in total. The Kier molecular flexibility index (Phi) is 5.83. The summed E-state index contributed by atoms with van der Waals surface area (Å²) < 4.78 is 5.23. The average molecular weight is 409 g/mol. The lowest BCUT2D eigenvalue weighted by Gasteiger charge is -2.30. The van der Waals surface area contributed by atoms with Gasteiger partial charge in [-0.1, -0.05) is 13.0 Å². The Bertz CT molecular complexity index is 909. The van der Waals surface area contributed by atoms with Gasteiger partial charge in [0.15, 0.2) is 0 Å². The van der Waals surface area contributed by atoms with Crippen molar-refractivity contribution in [1.29, 1.82) is 0 Å². The molecular weight excluding hydrogens is 382 g/mol. The van der Waals surface area contributed by atoms with Gasteiger partial charge in [-0.15, -0.1) is 0 Å². The van der Waals surface area contributed by atoms with Crippen molar-refractivity contribution in [2.75, 3.05) is 41.9 Å². The predicted molar refractivity (Wildman–Crippen MR) is 115 cm³/mol. The minimum atomic E-state index is -0.424. The van der Waals surface area contributed by atoms with Gasteiger partial charge in [-0.25, -0.2) is 9.97 Å². The zero-order valence-electron chi connectivity index (χ0n) is 17.4. The molecule has 1 aromatic carbocycles. The molecule has 3 heterocycles. The highest BCUT2D eigenvalue weighted by molar-refractivity contribution is 6.03. The molecule has 8 heteroatoms. The highest BCUT2D eigenvalue weighted by Gasteiger charge is 2.35. The average Bonchev–Trinajstić information content (AvgIpc) is 3.17. The van der Waals surface area contributed by atoms with E-state index in [0.29, 0.717) is 23.9 Å². The largest absolute Gasteiger partial charge is 0.497 e. The Hall–Kier alpha value is -3.16. The van der Waals surface area contributed by atoms with E-state index in [-0.39, 0.29) is 18.2 Å². The molecule has 2 aliphatic heterocycles. The number of carbonyl (C=O) groups is 2. The first-order chi connectivity index (χ1) is 14.5. The molecular formula is C22H27N5O3. The molecule has 1 atom stereocenters. The molecule has 0 saturated carbocycles. The van der Waals surface area contributed by atoms with E-state index in [4.69, 9.17) is 4.74 Å². The molecule has 2 saturated heterocycles. The second kappa shape index (κ2) is 8.69. The van der Waals surface area contributed by atoms with Crippen molar-refractivity contribution >= 4 is 29.1 Å². The first kappa shape index (κ1) is 20.1. The van der Waals surface area contributed by atoms with Gasteiger partial charge in [-0.2, -0.15) is 0 Å². The SMILES string of the molecule is COc1cccc(N2CC(C(=O)Nc3cnc(N4CCC(C)CC4)nc3)CC2=O)c1. The molecule has 1 N–H and O–H groups in total. The molecule has 0 radical (unpaired) electrons. The van der Waals surface area contributed by atoms with E-state index in [9.17, 15) is 9.59 Å². The molecule has 4 rings (SSSR count). The number of carbonyl (C=O) groups excluding carboxylic acids is 2. The highest BCUT2D eigenvalue weighted by atomic mass is 16.5. The molecule has 2 fully saturated rings. The number of rotatable bonds is 5. The van der Waals surface area contributed by atoms with E-state index in [2.05, 4.69) is 27.1 Å². The molecule has 2 aromatic rings. The monoisotopic (exact) mass is 409 g/mol. The maximum atomic E-state index is 12.7. The van der Waals surface area contributed by atoms with E-state index in [0.717, 1.165) is 37.5 Å². The number of nitrogens with one attached hydrogen (secondary N) is 1. The van der Waals surface area contributed by atoms with Crippen LogP contribution in [0, 0.1) is 11.8 Å². The third kappa shape index (κ3) is 4.37. The standard InChI is InChI=1S/C22H27N5O3/c1-15-6-8-26(9-7-15)22-23-12-17(13-24-22)25-21(29)16-10-20(28)27(14-16)18-4-3-5-19(11-18)30-2/h3-5,11-13,15-16H,6-10,14H2,1-2H3,(H,25,29). The van der Waals surface area contributed by atoms with Gasteiger partial charge < -0.3 is 19.9 Å². The molecule has 0 spiro atoms. The number of benzene rings is 1. The number of nitrogens with zero attached hydrogens (tertiary/aromatic N) is 4. The van der Waals surface area contributed by atoms with E-state index in [1.54, 1.807) is 30.5 Å². The molecule has 0 bridgehead atoms. The summed E-state index contributed by atoms with van der Waals surface area (Å²) in [4.78, 5) is 37.8. The summed E-state index contributed by atoms with van der Waals surface area (Å²) in [7, 11) is 1.58. The minimum Gasteiger partial charge on any atom is -0.497 e. The first-order valence-corrected chi connectivity index (χ1v) is 10.4. The number of amides is 2. The number of anilines is 3. The first-order valence-electron chi connectivity index (χ1n) is 10.4. The summed E-state index contributed by atoms with van der Waals surface area (Å²) >= 11 is 0. The maximum Gasteiger partial charge on any atom is 0.229 e. The Morgan fingerprint density at radius 2 is 1.93 bits per heavy atom. The van der Waals surface area contributed by atoms with Crippen molar-refractivity contribution in [3.8, 4) is 5.75 Å². The lowest BCUT2D eigenvalue weighted by Crippen LogP contribution is -2.34. The normalized spacial score (nSPS) is 19.8. The number of ether oxygens (including phenoxy) is 1. The van der Waals surface area contributed by atoms with E-state index >= 15 is 0 Å². The number of hydrogen-bond donors (Lipinski definition) is 1. The van der Waals surface area contributed by atoms with Crippen LogP contribution in [0.5, 0.6) is 5.75 Å². The van der Waals surface area contributed by atoms with Crippen LogP contribution in [-0.4, -0.2) is 48.5 Å². The van der Waals surface area contributed by atoms with Crippen LogP contribution in [0.15, 0.2) is 36.7 Å². The van der Waals surface area contributed by atoms with Crippen LogP contribution in [0.25, 0.3) is 0 Å². The van der Waals surface area contributed by atoms with Crippen molar-refractivity contribution in [2.45, 2.75) is 26.2 Å². The molecule has 0 aliphatic carbocycles. The van der Waals surface area contributed by atoms with Gasteiger partial charge in [0, 0.05) is 37.8 Å². The maximum absolute atomic E-state index is 12.7. The summed E-state index contributed by atoms with van der Waals surface area (Å²) in [6.45, 7) is 4.51. The number of piperidine rings is 1. The molecule has 30 heavy (non-hydrogen) atoms. The third-order valence-corrected chi connectivity index (χ3v) is 5.83. The van der Waals surface area contributed by atoms with Crippen LogP contribution in [0.1, 0.15) is 26.2 Å². The van der Waals surface area contributed by atoms with Gasteiger partial charge in [-0.3, -0.25) is 9.59 Å². The summed E-state index contributed by atoms with van der Waals surface area (Å²) in [5.74, 6) is 1.41. The quantitative estimate of drug-likeness (QED) is 0.817. The Labute approximate surface area is 176 Å². The Balaban J connectivity index is 1.36. The van der Waals surface area contributed by atoms with Crippen LogP contribution in [-0.2, 0) is 9.59 Å². The van der Waals surface area contributed by atoms with Crippen LogP contribution in [0.3, 0.4) is 0 Å². The molecule has 1 unspecified atom stereocenters. The molecule has 2 amide bonds. The molecule has 2 aliphatic rings. The number of hydrogen-bond acceptors (Lipinski definition) is 6. The van der Waals surface area contributed by atoms with Gasteiger partial charge in [0.05, 0.1) is 31.1 Å². The third-order valence-electron chi connectivity index (χ3n) is 5.83.